The van der Waals surface area contributed by atoms with Gasteiger partial charge in [0.05, 0.1) is 17.3 Å². The van der Waals surface area contributed by atoms with Crippen molar-refractivity contribution in [3.8, 4) is 0 Å². The van der Waals surface area contributed by atoms with Crippen molar-refractivity contribution >= 4 is 29.5 Å². The van der Waals surface area contributed by atoms with Gasteiger partial charge in [0.25, 0.3) is 5.91 Å². The van der Waals surface area contributed by atoms with Gasteiger partial charge in [0.1, 0.15) is 11.4 Å². The summed E-state index contributed by atoms with van der Waals surface area (Å²) in [5.74, 6) is -1.37. The second-order valence-corrected chi connectivity index (χ2v) is 9.08. The van der Waals surface area contributed by atoms with E-state index in [0.29, 0.717) is 30.9 Å². The molecule has 1 saturated carbocycles. The van der Waals surface area contributed by atoms with Gasteiger partial charge in [-0.25, -0.2) is 19.4 Å². The lowest BCUT2D eigenvalue weighted by Crippen LogP contribution is -2.41. The van der Waals surface area contributed by atoms with Crippen LogP contribution in [-0.4, -0.2) is 54.0 Å². The molecule has 0 spiro atoms. The van der Waals surface area contributed by atoms with Crippen molar-refractivity contribution in [2.24, 2.45) is 0 Å². The standard InChI is InChI=1S/C21H30FN5O5/c1-21(2,3)32-20(31)24-13-7-8-27(11-13)17-10-16(23-12-5-4-6-12)14(9-15(17)22)18(28)25-26-19(29)30/h9-10,12-13,23,26H,4-8,11H2,1-3H3,(H,24,31)(H,25,28)(H,29,30). The SMILES string of the molecule is CC(C)(C)OC(=O)NC1CCN(c2cc(NC3CCC3)c(C(=O)NNC(=O)O)cc2F)C1. The number of ether oxygens (including phenoxy) is 1. The van der Waals surface area contributed by atoms with Gasteiger partial charge in [0.2, 0.25) is 0 Å². The predicted molar refractivity (Wildman–Crippen MR) is 116 cm³/mol. The van der Waals surface area contributed by atoms with Crippen molar-refractivity contribution in [2.75, 3.05) is 23.3 Å². The Morgan fingerprint density at radius 2 is 1.84 bits per heavy atom. The molecule has 1 unspecified atom stereocenters. The highest BCUT2D eigenvalue weighted by atomic mass is 19.1. The summed E-state index contributed by atoms with van der Waals surface area (Å²) in [5, 5.41) is 14.8. The van der Waals surface area contributed by atoms with Crippen molar-refractivity contribution in [3.63, 3.8) is 0 Å². The maximum absolute atomic E-state index is 15.0. The van der Waals surface area contributed by atoms with E-state index in [1.165, 1.54) is 0 Å². The fraction of sp³-hybridized carbons (Fsp3) is 0.571. The molecule has 1 atom stereocenters. The molecule has 1 aliphatic heterocycles. The molecule has 1 aliphatic carbocycles. The molecular weight excluding hydrogens is 421 g/mol. The van der Waals surface area contributed by atoms with E-state index < -0.39 is 29.5 Å². The summed E-state index contributed by atoms with van der Waals surface area (Å²) in [7, 11) is 0. The lowest BCUT2D eigenvalue weighted by Gasteiger charge is -2.29. The van der Waals surface area contributed by atoms with Gasteiger partial charge in [0, 0.05) is 24.8 Å². The van der Waals surface area contributed by atoms with Gasteiger partial charge in [-0.3, -0.25) is 10.2 Å². The number of nitrogens with zero attached hydrogens (tertiary/aromatic N) is 1. The number of nitrogens with one attached hydrogen (secondary N) is 4. The zero-order chi connectivity index (χ0) is 23.5. The normalized spacial score (nSPS) is 18.5. The van der Waals surface area contributed by atoms with Crippen LogP contribution in [0.4, 0.5) is 25.4 Å². The van der Waals surface area contributed by atoms with Crippen molar-refractivity contribution in [3.05, 3.63) is 23.5 Å². The minimum atomic E-state index is -1.43. The summed E-state index contributed by atoms with van der Waals surface area (Å²) >= 11 is 0. The lowest BCUT2D eigenvalue weighted by atomic mass is 9.92. The molecule has 10 nitrogen and oxygen atoms in total. The number of carbonyl (C=O) groups excluding carboxylic acids is 2. The molecule has 0 radical (unpaired) electrons. The number of hydrogen-bond acceptors (Lipinski definition) is 6. The van der Waals surface area contributed by atoms with Crippen LogP contribution in [0.2, 0.25) is 0 Å². The van der Waals surface area contributed by atoms with E-state index in [2.05, 4.69) is 10.6 Å². The molecule has 1 saturated heterocycles. The average Bonchev–Trinajstić information content (AvgIpc) is 3.09. The van der Waals surface area contributed by atoms with E-state index in [9.17, 15) is 18.8 Å². The van der Waals surface area contributed by atoms with Crippen LogP contribution in [-0.2, 0) is 4.74 Å². The van der Waals surface area contributed by atoms with Gasteiger partial charge in [0.15, 0.2) is 0 Å². The summed E-state index contributed by atoms with van der Waals surface area (Å²) in [4.78, 5) is 36.9. The maximum atomic E-state index is 15.0. The Kier molecular flexibility index (Phi) is 6.95. The number of carbonyl (C=O) groups is 3. The molecule has 11 heteroatoms. The van der Waals surface area contributed by atoms with Crippen molar-refractivity contribution in [1.82, 2.24) is 16.2 Å². The van der Waals surface area contributed by atoms with E-state index >= 15 is 0 Å². The zero-order valence-electron chi connectivity index (χ0n) is 18.5. The Bertz CT molecular complexity index is 884. The summed E-state index contributed by atoms with van der Waals surface area (Å²) < 4.78 is 20.3. The minimum absolute atomic E-state index is 0.00882. The fourth-order valence-corrected chi connectivity index (χ4v) is 3.63. The van der Waals surface area contributed by atoms with Gasteiger partial charge in [-0.05, 0) is 58.6 Å². The molecule has 0 aromatic heterocycles. The van der Waals surface area contributed by atoms with E-state index in [0.717, 1.165) is 25.3 Å². The zero-order valence-corrected chi connectivity index (χ0v) is 18.5. The quantitative estimate of drug-likeness (QED) is 0.435. The van der Waals surface area contributed by atoms with Gasteiger partial charge in [-0.1, -0.05) is 0 Å². The van der Waals surface area contributed by atoms with E-state index in [1.807, 2.05) is 5.43 Å². The monoisotopic (exact) mass is 451 g/mol. The van der Waals surface area contributed by atoms with Crippen molar-refractivity contribution in [2.45, 2.75) is 64.1 Å². The second-order valence-electron chi connectivity index (χ2n) is 9.08. The largest absolute Gasteiger partial charge is 0.464 e. The second kappa shape index (κ2) is 9.49. The first kappa shape index (κ1) is 23.4. The topological polar surface area (TPSA) is 132 Å². The van der Waals surface area contributed by atoms with Crippen molar-refractivity contribution < 1.29 is 28.6 Å². The first-order valence-corrected chi connectivity index (χ1v) is 10.7. The molecule has 2 aliphatic rings. The highest BCUT2D eigenvalue weighted by Crippen LogP contribution is 2.32. The minimum Gasteiger partial charge on any atom is -0.464 e. The van der Waals surface area contributed by atoms with Crippen LogP contribution in [0.15, 0.2) is 12.1 Å². The van der Waals surface area contributed by atoms with Crippen LogP contribution in [0.25, 0.3) is 0 Å². The summed E-state index contributed by atoms with van der Waals surface area (Å²) in [6, 6.07) is 2.64. The highest BCUT2D eigenvalue weighted by molar-refractivity contribution is 6.01. The van der Waals surface area contributed by atoms with Gasteiger partial charge >= 0.3 is 12.2 Å². The number of hydrazine groups is 1. The van der Waals surface area contributed by atoms with Gasteiger partial charge in [-0.2, -0.15) is 0 Å². The Morgan fingerprint density at radius 3 is 2.44 bits per heavy atom. The molecule has 1 aromatic rings. The molecule has 176 valence electrons. The summed E-state index contributed by atoms with van der Waals surface area (Å²) in [5.41, 5.74) is 3.97. The van der Waals surface area contributed by atoms with Crippen LogP contribution in [0.5, 0.6) is 0 Å². The molecular formula is C21H30FN5O5. The van der Waals surface area contributed by atoms with Crippen LogP contribution < -0.4 is 26.4 Å². The Hall–Kier alpha value is -3.24. The summed E-state index contributed by atoms with van der Waals surface area (Å²) in [6.45, 7) is 6.26. The smallest absolute Gasteiger partial charge is 0.423 e. The number of rotatable bonds is 5. The third-order valence-electron chi connectivity index (χ3n) is 5.33. The first-order valence-electron chi connectivity index (χ1n) is 10.7. The first-order chi connectivity index (χ1) is 15.0. The van der Waals surface area contributed by atoms with E-state index in [-0.39, 0.29) is 17.6 Å². The number of carboxylic acid groups (broad SMARTS) is 1. The molecule has 3 amide bonds. The highest BCUT2D eigenvalue weighted by Gasteiger charge is 2.29. The number of halogens is 1. The Morgan fingerprint density at radius 1 is 1.12 bits per heavy atom. The molecule has 1 aromatic carbocycles. The Balaban J connectivity index is 1.75. The van der Waals surface area contributed by atoms with Crippen molar-refractivity contribution in [1.29, 1.82) is 0 Å². The third-order valence-corrected chi connectivity index (χ3v) is 5.33. The number of amides is 3. The third kappa shape index (κ3) is 6.14. The van der Waals surface area contributed by atoms with E-state index in [1.54, 1.807) is 37.2 Å². The fourth-order valence-electron chi connectivity index (χ4n) is 3.63. The number of benzene rings is 1. The van der Waals surface area contributed by atoms with Gasteiger partial charge in [-0.15, -0.1) is 0 Å². The predicted octanol–water partition coefficient (Wildman–Crippen LogP) is 2.81. The van der Waals surface area contributed by atoms with Crippen LogP contribution >= 0.6 is 0 Å². The number of anilines is 2. The van der Waals surface area contributed by atoms with Crippen LogP contribution in [0.1, 0.15) is 56.8 Å². The molecule has 5 N–H and O–H groups in total. The Labute approximate surface area is 185 Å². The van der Waals surface area contributed by atoms with Crippen LogP contribution in [0, 0.1) is 5.82 Å². The molecule has 32 heavy (non-hydrogen) atoms. The van der Waals surface area contributed by atoms with Gasteiger partial charge < -0.3 is 25.4 Å². The lowest BCUT2D eigenvalue weighted by molar-refractivity contribution is 0.0508. The molecule has 0 bridgehead atoms. The maximum Gasteiger partial charge on any atom is 0.423 e. The molecule has 1 heterocycles. The van der Waals surface area contributed by atoms with E-state index in [4.69, 9.17) is 9.84 Å². The summed E-state index contributed by atoms with van der Waals surface area (Å²) in [6.07, 6.45) is 1.62. The number of alkyl carbamates (subject to hydrolysis) is 1. The number of hydrogen-bond donors (Lipinski definition) is 5. The molecule has 2 fully saturated rings. The molecule has 3 rings (SSSR count). The average molecular weight is 451 g/mol. The van der Waals surface area contributed by atoms with Crippen LogP contribution in [0.3, 0.4) is 0 Å².